The third-order valence-corrected chi connectivity index (χ3v) is 3.21. The van der Waals surface area contributed by atoms with E-state index >= 15 is 0 Å². The molecule has 0 spiro atoms. The summed E-state index contributed by atoms with van der Waals surface area (Å²) in [5, 5.41) is 12.1. The monoisotopic (exact) mass is 235 g/mol. The molecule has 1 fully saturated rings. The van der Waals surface area contributed by atoms with E-state index < -0.39 is 5.97 Å². The fourth-order valence-corrected chi connectivity index (χ4v) is 2.21. The number of nitrogen functional groups attached to an aromatic ring is 1. The topological polar surface area (TPSA) is 88.2 Å². The average molecular weight is 235 g/mol. The Kier molecular flexibility index (Phi) is 3.46. The number of carboxylic acid groups (broad SMARTS) is 1. The number of hydrogen-bond donors (Lipinski definition) is 3. The molecule has 1 aromatic heterocycles. The van der Waals surface area contributed by atoms with Gasteiger partial charge in [-0.3, -0.25) is 0 Å². The van der Waals surface area contributed by atoms with Crippen molar-refractivity contribution in [2.24, 2.45) is 5.92 Å². The van der Waals surface area contributed by atoms with Gasteiger partial charge in [-0.1, -0.05) is 12.8 Å². The Hall–Kier alpha value is -1.78. The Morgan fingerprint density at radius 3 is 2.88 bits per heavy atom. The molecule has 0 amide bonds. The van der Waals surface area contributed by atoms with Crippen LogP contribution in [0, 0.1) is 5.92 Å². The number of pyridine rings is 1. The summed E-state index contributed by atoms with van der Waals surface area (Å²) in [6, 6.07) is 1.49. The van der Waals surface area contributed by atoms with Gasteiger partial charge in [-0.15, -0.1) is 0 Å². The number of nitrogens with two attached hydrogens (primary N) is 1. The zero-order valence-corrected chi connectivity index (χ0v) is 9.65. The van der Waals surface area contributed by atoms with Crippen molar-refractivity contribution in [1.29, 1.82) is 0 Å². The summed E-state index contributed by atoms with van der Waals surface area (Å²) < 4.78 is 0. The van der Waals surface area contributed by atoms with E-state index in [-0.39, 0.29) is 11.3 Å². The molecule has 1 saturated carbocycles. The van der Waals surface area contributed by atoms with E-state index in [0.29, 0.717) is 11.7 Å². The number of anilines is 2. The second-order valence-corrected chi connectivity index (χ2v) is 4.49. The van der Waals surface area contributed by atoms with E-state index in [1.807, 2.05) is 0 Å². The molecule has 2 rings (SSSR count). The highest BCUT2D eigenvalue weighted by atomic mass is 16.4. The van der Waals surface area contributed by atoms with E-state index in [0.717, 1.165) is 6.54 Å². The molecule has 4 N–H and O–H groups in total. The third-order valence-electron chi connectivity index (χ3n) is 3.21. The lowest BCUT2D eigenvalue weighted by molar-refractivity contribution is 0.0698. The van der Waals surface area contributed by atoms with Crippen LogP contribution in [0.5, 0.6) is 0 Å². The van der Waals surface area contributed by atoms with Crippen LogP contribution in [0.1, 0.15) is 36.0 Å². The summed E-state index contributed by atoms with van der Waals surface area (Å²) in [5.41, 5.74) is 5.84. The summed E-state index contributed by atoms with van der Waals surface area (Å²) in [7, 11) is 0. The fourth-order valence-electron chi connectivity index (χ4n) is 2.21. The van der Waals surface area contributed by atoms with Crippen molar-refractivity contribution in [2.75, 3.05) is 17.6 Å². The first kappa shape index (κ1) is 11.7. The van der Waals surface area contributed by atoms with Gasteiger partial charge in [0.25, 0.3) is 0 Å². The van der Waals surface area contributed by atoms with Crippen LogP contribution in [0.4, 0.5) is 11.5 Å². The first-order valence-electron chi connectivity index (χ1n) is 5.89. The molecule has 0 saturated heterocycles. The lowest BCUT2D eigenvalue weighted by atomic mass is 10.1. The maximum atomic E-state index is 10.9. The van der Waals surface area contributed by atoms with Crippen LogP contribution in [0.3, 0.4) is 0 Å². The second kappa shape index (κ2) is 5.03. The van der Waals surface area contributed by atoms with Crippen LogP contribution in [0.15, 0.2) is 12.3 Å². The molecular weight excluding hydrogens is 218 g/mol. The van der Waals surface area contributed by atoms with Crippen LogP contribution in [0.2, 0.25) is 0 Å². The molecule has 0 aromatic carbocycles. The lowest BCUT2D eigenvalue weighted by Crippen LogP contribution is -2.13. The van der Waals surface area contributed by atoms with Gasteiger partial charge in [0.15, 0.2) is 0 Å². The van der Waals surface area contributed by atoms with E-state index in [4.69, 9.17) is 10.8 Å². The van der Waals surface area contributed by atoms with Crippen molar-refractivity contribution in [1.82, 2.24) is 4.98 Å². The predicted octanol–water partition coefficient (Wildman–Crippen LogP) is 1.96. The summed E-state index contributed by atoms with van der Waals surface area (Å²) in [4.78, 5) is 15.0. The number of carbonyl (C=O) groups is 1. The Balaban J connectivity index is 2.00. The van der Waals surface area contributed by atoms with Crippen molar-refractivity contribution in [3.8, 4) is 0 Å². The van der Waals surface area contributed by atoms with Crippen molar-refractivity contribution in [3.63, 3.8) is 0 Å². The predicted molar refractivity (Wildman–Crippen MR) is 66.1 cm³/mol. The average Bonchev–Trinajstić information content (AvgIpc) is 2.80. The largest absolute Gasteiger partial charge is 0.478 e. The van der Waals surface area contributed by atoms with Crippen LogP contribution in [-0.4, -0.2) is 22.6 Å². The number of carboxylic acids is 1. The quantitative estimate of drug-likeness (QED) is 0.742. The Morgan fingerprint density at radius 2 is 2.24 bits per heavy atom. The molecule has 1 aliphatic carbocycles. The molecule has 1 aromatic rings. The molecule has 0 atom stereocenters. The fraction of sp³-hybridized carbons (Fsp3) is 0.500. The smallest absolute Gasteiger partial charge is 0.337 e. The first-order chi connectivity index (χ1) is 8.16. The van der Waals surface area contributed by atoms with Gasteiger partial charge in [0.1, 0.15) is 5.82 Å². The van der Waals surface area contributed by atoms with Crippen molar-refractivity contribution < 1.29 is 9.90 Å². The molecule has 0 bridgehead atoms. The van der Waals surface area contributed by atoms with Gasteiger partial charge < -0.3 is 16.2 Å². The second-order valence-electron chi connectivity index (χ2n) is 4.49. The van der Waals surface area contributed by atoms with Crippen LogP contribution in [0.25, 0.3) is 0 Å². The zero-order valence-electron chi connectivity index (χ0n) is 9.65. The number of rotatable bonds is 4. The highest BCUT2D eigenvalue weighted by Crippen LogP contribution is 2.25. The van der Waals surface area contributed by atoms with Crippen LogP contribution in [-0.2, 0) is 0 Å². The molecule has 0 unspecified atom stereocenters. The molecule has 5 heteroatoms. The number of aromatic nitrogens is 1. The van der Waals surface area contributed by atoms with Gasteiger partial charge in [-0.05, 0) is 24.8 Å². The van der Waals surface area contributed by atoms with Crippen molar-refractivity contribution in [3.05, 3.63) is 17.8 Å². The maximum absolute atomic E-state index is 10.9. The SMILES string of the molecule is Nc1cnc(NCC2CCCC2)cc1C(=O)O. The molecule has 17 heavy (non-hydrogen) atoms. The Morgan fingerprint density at radius 1 is 1.53 bits per heavy atom. The van der Waals surface area contributed by atoms with Gasteiger partial charge in [0.2, 0.25) is 0 Å². The maximum Gasteiger partial charge on any atom is 0.337 e. The molecule has 0 radical (unpaired) electrons. The standard InChI is InChI=1S/C12H17N3O2/c13-10-7-15-11(5-9(10)12(16)17)14-6-8-3-1-2-4-8/h5,7-8H,1-4,6,13H2,(H,14,15)(H,16,17). The summed E-state index contributed by atoms with van der Waals surface area (Å²) >= 11 is 0. The van der Waals surface area contributed by atoms with E-state index in [9.17, 15) is 4.79 Å². The van der Waals surface area contributed by atoms with Gasteiger partial charge in [-0.2, -0.15) is 0 Å². The minimum absolute atomic E-state index is 0.105. The normalized spacial score (nSPS) is 16.0. The van der Waals surface area contributed by atoms with Crippen molar-refractivity contribution in [2.45, 2.75) is 25.7 Å². The number of aromatic carboxylic acids is 1. The number of hydrogen-bond acceptors (Lipinski definition) is 4. The molecular formula is C12H17N3O2. The number of nitrogens with zero attached hydrogens (tertiary/aromatic N) is 1. The lowest BCUT2D eigenvalue weighted by Gasteiger charge is -2.11. The summed E-state index contributed by atoms with van der Waals surface area (Å²) in [6.07, 6.45) is 6.46. The Labute approximate surface area is 100 Å². The van der Waals surface area contributed by atoms with Crippen LogP contribution < -0.4 is 11.1 Å². The third kappa shape index (κ3) is 2.87. The van der Waals surface area contributed by atoms with E-state index in [2.05, 4.69) is 10.3 Å². The molecule has 5 nitrogen and oxygen atoms in total. The highest BCUT2D eigenvalue weighted by Gasteiger charge is 2.15. The van der Waals surface area contributed by atoms with Crippen molar-refractivity contribution >= 4 is 17.5 Å². The molecule has 1 heterocycles. The van der Waals surface area contributed by atoms with Crippen LogP contribution >= 0.6 is 0 Å². The summed E-state index contributed by atoms with van der Waals surface area (Å²) in [5.74, 6) is 0.250. The number of nitrogens with one attached hydrogen (secondary N) is 1. The summed E-state index contributed by atoms with van der Waals surface area (Å²) in [6.45, 7) is 0.857. The molecule has 0 aliphatic heterocycles. The Bertz CT molecular complexity index is 414. The minimum Gasteiger partial charge on any atom is -0.478 e. The van der Waals surface area contributed by atoms with E-state index in [1.54, 1.807) is 0 Å². The highest BCUT2D eigenvalue weighted by molar-refractivity contribution is 5.94. The van der Waals surface area contributed by atoms with Gasteiger partial charge in [-0.25, -0.2) is 9.78 Å². The van der Waals surface area contributed by atoms with Gasteiger partial charge in [0.05, 0.1) is 17.4 Å². The van der Waals surface area contributed by atoms with E-state index in [1.165, 1.54) is 37.9 Å². The first-order valence-corrected chi connectivity index (χ1v) is 5.89. The van der Waals surface area contributed by atoms with Gasteiger partial charge >= 0.3 is 5.97 Å². The zero-order chi connectivity index (χ0) is 12.3. The van der Waals surface area contributed by atoms with Gasteiger partial charge in [0, 0.05) is 6.54 Å². The minimum atomic E-state index is -1.02. The molecule has 92 valence electrons. The molecule has 1 aliphatic rings.